The maximum Gasteiger partial charge on any atom is 0.177 e. The highest BCUT2D eigenvalue weighted by Crippen LogP contribution is 2.68. The first kappa shape index (κ1) is 16.3. The highest BCUT2D eigenvalue weighted by Gasteiger charge is 2.68. The van der Waals surface area contributed by atoms with Crippen molar-refractivity contribution in [1.29, 1.82) is 0 Å². The van der Waals surface area contributed by atoms with E-state index in [9.17, 15) is 0 Å². The Morgan fingerprint density at radius 1 is 1.29 bits per heavy atom. The van der Waals surface area contributed by atoms with Crippen LogP contribution in [0.15, 0.2) is 18.2 Å². The molecule has 7 heteroatoms. The smallest absolute Gasteiger partial charge is 0.177 e. The summed E-state index contributed by atoms with van der Waals surface area (Å²) in [6.07, 6.45) is 2.21. The maximum atomic E-state index is 6.27. The molecule has 1 saturated heterocycles. The number of piperidine rings is 1. The van der Waals surface area contributed by atoms with E-state index in [1.165, 1.54) is 5.56 Å². The van der Waals surface area contributed by atoms with Crippen LogP contribution in [-0.2, 0) is 12.0 Å². The molecule has 2 atom stereocenters. The van der Waals surface area contributed by atoms with Crippen LogP contribution < -0.4 is 5.32 Å². The molecule has 4 rings (SSSR count). The first-order valence-electron chi connectivity index (χ1n) is 8.40. The average molecular weight is 366 g/mol. The molecule has 1 N–H and O–H groups in total. The van der Waals surface area contributed by atoms with Crippen LogP contribution in [0, 0.1) is 5.41 Å². The van der Waals surface area contributed by atoms with Gasteiger partial charge in [0.15, 0.2) is 5.82 Å². The van der Waals surface area contributed by atoms with Crippen molar-refractivity contribution in [3.8, 4) is 0 Å². The van der Waals surface area contributed by atoms with Gasteiger partial charge in [0, 0.05) is 23.3 Å². The quantitative estimate of drug-likeness (QED) is 0.901. The van der Waals surface area contributed by atoms with Crippen molar-refractivity contribution >= 4 is 23.2 Å². The first-order chi connectivity index (χ1) is 11.5. The van der Waals surface area contributed by atoms with E-state index in [4.69, 9.17) is 23.2 Å². The molecule has 1 aliphatic carbocycles. The van der Waals surface area contributed by atoms with Crippen LogP contribution >= 0.6 is 23.2 Å². The third kappa shape index (κ3) is 2.45. The molecule has 2 heterocycles. The Labute approximate surface area is 151 Å². The van der Waals surface area contributed by atoms with Crippen molar-refractivity contribution < 1.29 is 0 Å². The average Bonchev–Trinajstić information content (AvgIpc) is 3.00. The molecule has 1 aliphatic heterocycles. The van der Waals surface area contributed by atoms with Gasteiger partial charge in [-0.3, -0.25) is 0 Å². The molecule has 1 saturated carbocycles. The lowest BCUT2D eigenvalue weighted by Crippen LogP contribution is -2.41. The molecule has 0 spiro atoms. The second-order valence-electron chi connectivity index (χ2n) is 7.43. The van der Waals surface area contributed by atoms with E-state index in [1.54, 1.807) is 4.80 Å². The number of rotatable bonds is 4. The third-order valence-corrected chi connectivity index (χ3v) is 6.36. The fraction of sp³-hybridized carbons (Fsp3) is 0.588. The summed E-state index contributed by atoms with van der Waals surface area (Å²) in [6.45, 7) is 6.92. The molecule has 0 amide bonds. The number of tetrazole rings is 1. The predicted octanol–water partition coefficient (Wildman–Crippen LogP) is 3.42. The molecule has 1 aromatic heterocycles. The SMILES string of the molecule is CC(C)c1nnn(C[C@@]23CNCC[C@]2(c2ccc(Cl)c(Cl)c2)C3)n1. The molecular formula is C17H21Cl2N5. The van der Waals surface area contributed by atoms with E-state index in [-0.39, 0.29) is 10.8 Å². The summed E-state index contributed by atoms with van der Waals surface area (Å²) in [5.41, 5.74) is 1.54. The molecule has 24 heavy (non-hydrogen) atoms. The lowest BCUT2D eigenvalue weighted by molar-refractivity contribution is 0.260. The van der Waals surface area contributed by atoms with Crippen LogP contribution in [0.5, 0.6) is 0 Å². The molecule has 1 aromatic carbocycles. The summed E-state index contributed by atoms with van der Waals surface area (Å²) < 4.78 is 0. The van der Waals surface area contributed by atoms with Crippen LogP contribution in [0.1, 0.15) is 44.0 Å². The zero-order valence-corrected chi connectivity index (χ0v) is 15.4. The Morgan fingerprint density at radius 2 is 2.12 bits per heavy atom. The third-order valence-electron chi connectivity index (χ3n) is 5.62. The summed E-state index contributed by atoms with van der Waals surface area (Å²) in [6, 6.07) is 6.06. The van der Waals surface area contributed by atoms with Crippen molar-refractivity contribution in [2.45, 2.75) is 44.6 Å². The minimum Gasteiger partial charge on any atom is -0.316 e. The van der Waals surface area contributed by atoms with Crippen molar-refractivity contribution in [3.05, 3.63) is 39.6 Å². The van der Waals surface area contributed by atoms with Gasteiger partial charge in [0.1, 0.15) is 0 Å². The van der Waals surface area contributed by atoms with Gasteiger partial charge < -0.3 is 5.32 Å². The number of hydrogen-bond donors (Lipinski definition) is 1. The van der Waals surface area contributed by atoms with E-state index < -0.39 is 0 Å². The molecule has 0 radical (unpaired) electrons. The Bertz CT molecular complexity index is 774. The van der Waals surface area contributed by atoms with Crippen LogP contribution in [-0.4, -0.2) is 33.3 Å². The number of benzene rings is 1. The Morgan fingerprint density at radius 3 is 2.83 bits per heavy atom. The van der Waals surface area contributed by atoms with Gasteiger partial charge in [-0.2, -0.15) is 4.80 Å². The van der Waals surface area contributed by atoms with Gasteiger partial charge >= 0.3 is 0 Å². The largest absolute Gasteiger partial charge is 0.316 e. The van der Waals surface area contributed by atoms with Gasteiger partial charge in [-0.15, -0.1) is 10.2 Å². The second-order valence-corrected chi connectivity index (χ2v) is 8.24. The monoisotopic (exact) mass is 365 g/mol. The van der Waals surface area contributed by atoms with Crippen LogP contribution in [0.3, 0.4) is 0 Å². The molecule has 0 unspecified atom stereocenters. The summed E-state index contributed by atoms with van der Waals surface area (Å²) in [5.74, 6) is 1.09. The molecule has 5 nitrogen and oxygen atoms in total. The van der Waals surface area contributed by atoms with Crippen LogP contribution in [0.2, 0.25) is 10.0 Å². The first-order valence-corrected chi connectivity index (χ1v) is 9.15. The number of hydrogen-bond acceptors (Lipinski definition) is 4. The fourth-order valence-corrected chi connectivity index (χ4v) is 4.48. The van der Waals surface area contributed by atoms with Gasteiger partial charge in [0.05, 0.1) is 16.6 Å². The summed E-state index contributed by atoms with van der Waals surface area (Å²) in [7, 11) is 0. The number of halogens is 2. The van der Waals surface area contributed by atoms with Gasteiger partial charge in [-0.25, -0.2) is 0 Å². The number of nitrogens with zero attached hydrogens (tertiary/aromatic N) is 4. The summed E-state index contributed by atoms with van der Waals surface area (Å²) >= 11 is 12.4. The van der Waals surface area contributed by atoms with Gasteiger partial charge in [-0.05, 0) is 42.3 Å². The van der Waals surface area contributed by atoms with Crippen molar-refractivity contribution in [2.75, 3.05) is 13.1 Å². The van der Waals surface area contributed by atoms with Gasteiger partial charge in [0.2, 0.25) is 0 Å². The van der Waals surface area contributed by atoms with Crippen LogP contribution in [0.25, 0.3) is 0 Å². The van der Waals surface area contributed by atoms with Crippen LogP contribution in [0.4, 0.5) is 0 Å². The second kappa shape index (κ2) is 5.68. The zero-order valence-electron chi connectivity index (χ0n) is 13.9. The van der Waals surface area contributed by atoms with E-state index in [0.717, 1.165) is 38.3 Å². The zero-order chi connectivity index (χ0) is 16.9. The molecule has 2 fully saturated rings. The van der Waals surface area contributed by atoms with Crippen molar-refractivity contribution in [1.82, 2.24) is 25.5 Å². The van der Waals surface area contributed by atoms with Gasteiger partial charge in [-0.1, -0.05) is 43.1 Å². The number of fused-ring (bicyclic) bond motifs is 1. The highest BCUT2D eigenvalue weighted by atomic mass is 35.5. The highest BCUT2D eigenvalue weighted by molar-refractivity contribution is 6.42. The normalized spacial score (nSPS) is 28.9. The molecule has 0 bridgehead atoms. The Hall–Kier alpha value is -1.17. The Kier molecular flexibility index (Phi) is 3.86. The lowest BCUT2D eigenvalue weighted by Gasteiger charge is -2.31. The van der Waals surface area contributed by atoms with E-state index in [0.29, 0.717) is 16.0 Å². The van der Waals surface area contributed by atoms with E-state index in [1.807, 2.05) is 12.1 Å². The number of aromatic nitrogens is 4. The molecule has 128 valence electrons. The molecule has 2 aliphatic rings. The van der Waals surface area contributed by atoms with E-state index in [2.05, 4.69) is 40.6 Å². The fourth-order valence-electron chi connectivity index (χ4n) is 4.18. The topological polar surface area (TPSA) is 55.6 Å². The minimum atomic E-state index is 0.122. The van der Waals surface area contributed by atoms with E-state index >= 15 is 0 Å². The predicted molar refractivity (Wildman–Crippen MR) is 94.6 cm³/mol. The molecular weight excluding hydrogens is 345 g/mol. The minimum absolute atomic E-state index is 0.122. The molecule has 2 aromatic rings. The van der Waals surface area contributed by atoms with Crippen molar-refractivity contribution in [2.24, 2.45) is 5.41 Å². The lowest BCUT2D eigenvalue weighted by atomic mass is 9.81. The summed E-state index contributed by atoms with van der Waals surface area (Å²) in [5, 5.41) is 17.8. The van der Waals surface area contributed by atoms with Gasteiger partial charge in [0.25, 0.3) is 0 Å². The standard InChI is InChI=1S/C17H21Cl2N5/c1-11(2)15-21-23-24(22-15)10-16-8-17(16,5-6-20-9-16)12-3-4-13(18)14(19)7-12/h3-4,7,11,20H,5-6,8-10H2,1-2H3/t16-,17-/m1/s1. The Balaban J connectivity index is 1.64. The van der Waals surface area contributed by atoms with Crippen molar-refractivity contribution in [3.63, 3.8) is 0 Å². The summed E-state index contributed by atoms with van der Waals surface area (Å²) in [4.78, 5) is 1.77. The number of nitrogens with one attached hydrogen (secondary N) is 1. The maximum absolute atomic E-state index is 6.27.